The van der Waals surface area contributed by atoms with Gasteiger partial charge in [0.05, 0.1) is 5.69 Å². The van der Waals surface area contributed by atoms with Gasteiger partial charge in [-0.2, -0.15) is 0 Å². The number of rotatable bonds is 6. The van der Waals surface area contributed by atoms with Gasteiger partial charge in [-0.25, -0.2) is 4.98 Å². The van der Waals surface area contributed by atoms with Gasteiger partial charge in [-0.05, 0) is 24.1 Å². The predicted molar refractivity (Wildman–Crippen MR) is 73.1 cm³/mol. The second kappa shape index (κ2) is 6.26. The van der Waals surface area contributed by atoms with Gasteiger partial charge in [0, 0.05) is 24.3 Å². The van der Waals surface area contributed by atoms with Crippen molar-refractivity contribution in [1.29, 1.82) is 0 Å². The Morgan fingerprint density at radius 3 is 2.89 bits per heavy atom. The van der Waals surface area contributed by atoms with Gasteiger partial charge < -0.3 is 16.2 Å². The highest BCUT2D eigenvalue weighted by Gasteiger charge is 2.17. The van der Waals surface area contributed by atoms with Crippen LogP contribution in [-0.2, 0) is 11.2 Å². The Bertz CT molecular complexity index is 544. The molecule has 0 aliphatic rings. The van der Waals surface area contributed by atoms with E-state index in [0.29, 0.717) is 10.8 Å². The molecule has 0 saturated heterocycles. The van der Waals surface area contributed by atoms with E-state index < -0.39 is 12.0 Å². The van der Waals surface area contributed by atoms with Gasteiger partial charge in [0.15, 0.2) is 5.13 Å². The first-order valence-corrected chi connectivity index (χ1v) is 6.61. The maximum Gasteiger partial charge on any atom is 0.326 e. The van der Waals surface area contributed by atoms with E-state index >= 15 is 0 Å². The smallest absolute Gasteiger partial charge is 0.326 e. The highest BCUT2D eigenvalue weighted by atomic mass is 32.1. The predicted octanol–water partition coefficient (Wildman–Crippen LogP) is 1.28. The average molecular weight is 278 g/mol. The van der Waals surface area contributed by atoms with Gasteiger partial charge >= 0.3 is 5.97 Å². The topological polar surface area (TPSA) is 101 Å². The minimum absolute atomic E-state index is 0.379. The van der Waals surface area contributed by atoms with Crippen LogP contribution in [0.5, 0.6) is 0 Å². The van der Waals surface area contributed by atoms with Crippen molar-refractivity contribution >= 4 is 22.4 Å². The molecule has 0 spiro atoms. The molecule has 4 N–H and O–H groups in total. The number of aromatic nitrogens is 2. The van der Waals surface area contributed by atoms with Crippen LogP contribution in [0.4, 0.5) is 5.13 Å². The minimum atomic E-state index is -1.08. The lowest BCUT2D eigenvalue weighted by Crippen LogP contribution is -2.21. The van der Waals surface area contributed by atoms with Crippen molar-refractivity contribution in [3.63, 3.8) is 0 Å². The Morgan fingerprint density at radius 2 is 2.21 bits per heavy atom. The summed E-state index contributed by atoms with van der Waals surface area (Å²) in [5.41, 5.74) is 7.04. The first-order chi connectivity index (χ1) is 9.16. The Morgan fingerprint density at radius 1 is 1.47 bits per heavy atom. The molecule has 1 unspecified atom stereocenters. The van der Waals surface area contributed by atoms with Crippen molar-refractivity contribution in [3.05, 3.63) is 41.2 Å². The van der Waals surface area contributed by atoms with E-state index in [-0.39, 0.29) is 0 Å². The minimum Gasteiger partial charge on any atom is -0.480 e. The molecule has 2 aromatic heterocycles. The van der Waals surface area contributed by atoms with Crippen LogP contribution >= 0.6 is 11.3 Å². The molecular formula is C12H14N4O2S. The van der Waals surface area contributed by atoms with Crippen LogP contribution in [-0.4, -0.2) is 27.6 Å². The van der Waals surface area contributed by atoms with Crippen LogP contribution in [0.15, 0.2) is 29.9 Å². The molecular weight excluding hydrogens is 264 g/mol. The molecule has 0 saturated carbocycles. The number of hydrogen-bond donors (Lipinski definition) is 3. The van der Waals surface area contributed by atoms with Crippen molar-refractivity contribution in [2.75, 3.05) is 11.9 Å². The molecule has 2 rings (SSSR count). The second-order valence-corrected chi connectivity index (χ2v) is 4.78. The monoisotopic (exact) mass is 278 g/mol. The lowest BCUT2D eigenvalue weighted by atomic mass is 10.2. The number of aliphatic carboxylic acids is 1. The molecule has 6 nitrogen and oxygen atoms in total. The SMILES string of the molecule is NC(C(=O)O)c1csc(NCCc2ccncc2)n1. The van der Waals surface area contributed by atoms with Crippen molar-refractivity contribution in [2.45, 2.75) is 12.5 Å². The molecule has 0 amide bonds. The number of nitrogens with two attached hydrogens (primary N) is 1. The Balaban J connectivity index is 1.85. The third-order valence-electron chi connectivity index (χ3n) is 2.55. The van der Waals surface area contributed by atoms with E-state index in [1.165, 1.54) is 16.9 Å². The lowest BCUT2D eigenvalue weighted by Gasteiger charge is -2.03. The summed E-state index contributed by atoms with van der Waals surface area (Å²) >= 11 is 1.35. The van der Waals surface area contributed by atoms with E-state index in [1.54, 1.807) is 17.8 Å². The standard InChI is InChI=1S/C12H14N4O2S/c13-10(11(17)18)9-7-19-12(16-9)15-6-3-8-1-4-14-5-2-8/h1-2,4-5,7,10H,3,6,13H2,(H,15,16)(H,17,18). The molecule has 0 radical (unpaired) electrons. The number of hydrogen-bond acceptors (Lipinski definition) is 6. The van der Waals surface area contributed by atoms with Crippen LogP contribution in [0.1, 0.15) is 17.3 Å². The van der Waals surface area contributed by atoms with E-state index in [1.807, 2.05) is 12.1 Å². The molecule has 2 heterocycles. The molecule has 1 atom stereocenters. The molecule has 0 aromatic carbocycles. The fourth-order valence-corrected chi connectivity index (χ4v) is 2.28. The number of nitrogens with one attached hydrogen (secondary N) is 1. The molecule has 0 aliphatic heterocycles. The number of anilines is 1. The van der Waals surface area contributed by atoms with Crippen LogP contribution in [0.25, 0.3) is 0 Å². The van der Waals surface area contributed by atoms with Gasteiger partial charge in [0.1, 0.15) is 6.04 Å². The van der Waals surface area contributed by atoms with E-state index in [9.17, 15) is 4.79 Å². The van der Waals surface area contributed by atoms with E-state index in [4.69, 9.17) is 10.8 Å². The average Bonchev–Trinajstić information content (AvgIpc) is 2.88. The molecule has 0 bridgehead atoms. The molecule has 7 heteroatoms. The summed E-state index contributed by atoms with van der Waals surface area (Å²) in [6, 6.07) is 2.84. The summed E-state index contributed by atoms with van der Waals surface area (Å²) < 4.78 is 0. The van der Waals surface area contributed by atoms with Crippen LogP contribution in [0, 0.1) is 0 Å². The molecule has 19 heavy (non-hydrogen) atoms. The van der Waals surface area contributed by atoms with Gasteiger partial charge in [-0.3, -0.25) is 9.78 Å². The summed E-state index contributed by atoms with van der Waals surface area (Å²) in [7, 11) is 0. The lowest BCUT2D eigenvalue weighted by molar-refractivity contribution is -0.138. The Kier molecular flexibility index (Phi) is 4.43. The van der Waals surface area contributed by atoms with Crippen molar-refractivity contribution in [1.82, 2.24) is 9.97 Å². The Hall–Kier alpha value is -1.99. The van der Waals surface area contributed by atoms with Crippen molar-refractivity contribution < 1.29 is 9.90 Å². The summed E-state index contributed by atoms with van der Waals surface area (Å²) in [5.74, 6) is -1.08. The Labute approximate surface area is 114 Å². The summed E-state index contributed by atoms with van der Waals surface area (Å²) in [6.45, 7) is 0.722. The summed E-state index contributed by atoms with van der Waals surface area (Å²) in [5, 5.41) is 14.3. The number of carboxylic acid groups (broad SMARTS) is 1. The number of carboxylic acids is 1. The summed E-state index contributed by atoms with van der Waals surface area (Å²) in [4.78, 5) is 18.8. The van der Waals surface area contributed by atoms with Gasteiger partial charge in [-0.1, -0.05) is 0 Å². The first kappa shape index (κ1) is 13.4. The zero-order valence-electron chi connectivity index (χ0n) is 10.1. The fraction of sp³-hybridized carbons (Fsp3) is 0.250. The van der Waals surface area contributed by atoms with Gasteiger partial charge in [-0.15, -0.1) is 11.3 Å². The van der Waals surface area contributed by atoms with E-state index in [2.05, 4.69) is 15.3 Å². The van der Waals surface area contributed by atoms with Crippen LogP contribution in [0.2, 0.25) is 0 Å². The van der Waals surface area contributed by atoms with Crippen LogP contribution < -0.4 is 11.1 Å². The third-order valence-corrected chi connectivity index (χ3v) is 3.36. The maximum atomic E-state index is 10.7. The number of pyridine rings is 1. The molecule has 0 aliphatic carbocycles. The molecule has 100 valence electrons. The third kappa shape index (κ3) is 3.73. The first-order valence-electron chi connectivity index (χ1n) is 5.73. The normalized spacial score (nSPS) is 12.1. The summed E-state index contributed by atoms with van der Waals surface area (Å²) in [6.07, 6.45) is 4.35. The zero-order chi connectivity index (χ0) is 13.7. The highest BCUT2D eigenvalue weighted by Crippen LogP contribution is 2.19. The van der Waals surface area contributed by atoms with Gasteiger partial charge in [0.25, 0.3) is 0 Å². The molecule has 2 aromatic rings. The number of carbonyl (C=O) groups is 1. The molecule has 0 fully saturated rings. The van der Waals surface area contributed by atoms with E-state index in [0.717, 1.165) is 13.0 Å². The second-order valence-electron chi connectivity index (χ2n) is 3.93. The number of thiazole rings is 1. The van der Waals surface area contributed by atoms with Crippen LogP contribution in [0.3, 0.4) is 0 Å². The number of nitrogens with zero attached hydrogens (tertiary/aromatic N) is 2. The fourth-order valence-electron chi connectivity index (χ4n) is 1.50. The highest BCUT2D eigenvalue weighted by molar-refractivity contribution is 7.13. The zero-order valence-corrected chi connectivity index (χ0v) is 10.9. The largest absolute Gasteiger partial charge is 0.480 e. The maximum absolute atomic E-state index is 10.7. The quantitative estimate of drug-likeness (QED) is 0.735. The van der Waals surface area contributed by atoms with Gasteiger partial charge in [0.2, 0.25) is 0 Å². The van der Waals surface area contributed by atoms with Crippen molar-refractivity contribution in [2.24, 2.45) is 5.73 Å². The van der Waals surface area contributed by atoms with Crippen molar-refractivity contribution in [3.8, 4) is 0 Å².